The van der Waals surface area contributed by atoms with Crippen molar-refractivity contribution >= 4 is 11.8 Å². The molecule has 1 aliphatic heterocycles. The molecule has 1 aliphatic rings. The van der Waals surface area contributed by atoms with Gasteiger partial charge in [-0.25, -0.2) is 4.39 Å². The summed E-state index contributed by atoms with van der Waals surface area (Å²) in [4.78, 5) is 6.71. The van der Waals surface area contributed by atoms with Gasteiger partial charge in [0, 0.05) is 19.6 Å². The molecule has 6 heteroatoms. The molecule has 5 nitrogen and oxygen atoms in total. The summed E-state index contributed by atoms with van der Waals surface area (Å²) in [6.45, 7) is 2.25. The Bertz CT molecular complexity index is 899. The maximum atomic E-state index is 13.7. The molecule has 4 rings (SSSR count). The second-order valence-electron chi connectivity index (χ2n) is 6.35. The lowest BCUT2D eigenvalue weighted by Gasteiger charge is -2.28. The van der Waals surface area contributed by atoms with Gasteiger partial charge in [-0.2, -0.15) is 10.1 Å². The van der Waals surface area contributed by atoms with Gasteiger partial charge < -0.3 is 10.2 Å². The first-order chi connectivity index (χ1) is 12.8. The highest BCUT2D eigenvalue weighted by Gasteiger charge is 2.18. The average molecular weight is 349 g/mol. The van der Waals surface area contributed by atoms with E-state index in [2.05, 4.69) is 49.7 Å². The van der Waals surface area contributed by atoms with Crippen molar-refractivity contribution in [1.82, 2.24) is 15.2 Å². The lowest BCUT2D eigenvalue weighted by Crippen LogP contribution is -2.32. The number of nitrogens with one attached hydrogen (secondary N) is 1. The SMILES string of the molecule is Fc1ccccc1CCNc1cnnc(N2CCc3ccccc3C2)n1. The third kappa shape index (κ3) is 3.64. The van der Waals surface area contributed by atoms with Crippen LogP contribution < -0.4 is 10.2 Å². The Morgan fingerprint density at radius 2 is 1.85 bits per heavy atom. The van der Waals surface area contributed by atoms with E-state index in [1.54, 1.807) is 18.3 Å². The average Bonchev–Trinajstić information content (AvgIpc) is 2.69. The first-order valence-corrected chi connectivity index (χ1v) is 8.78. The summed E-state index contributed by atoms with van der Waals surface area (Å²) in [5, 5.41) is 11.5. The molecule has 0 saturated carbocycles. The molecular weight excluding hydrogens is 329 g/mol. The van der Waals surface area contributed by atoms with Crippen molar-refractivity contribution in [3.05, 3.63) is 77.2 Å². The van der Waals surface area contributed by atoms with Gasteiger partial charge in [0.2, 0.25) is 5.95 Å². The molecule has 0 aliphatic carbocycles. The Balaban J connectivity index is 1.40. The van der Waals surface area contributed by atoms with E-state index in [-0.39, 0.29) is 5.82 Å². The van der Waals surface area contributed by atoms with Gasteiger partial charge in [0.15, 0.2) is 5.82 Å². The number of hydrogen-bond donors (Lipinski definition) is 1. The van der Waals surface area contributed by atoms with Gasteiger partial charge in [-0.3, -0.25) is 0 Å². The highest BCUT2D eigenvalue weighted by atomic mass is 19.1. The molecule has 1 N–H and O–H groups in total. The smallest absolute Gasteiger partial charge is 0.247 e. The second-order valence-corrected chi connectivity index (χ2v) is 6.35. The number of hydrogen-bond acceptors (Lipinski definition) is 5. The zero-order chi connectivity index (χ0) is 17.8. The topological polar surface area (TPSA) is 53.9 Å². The number of anilines is 2. The number of halogens is 1. The van der Waals surface area contributed by atoms with E-state index >= 15 is 0 Å². The predicted molar refractivity (Wildman–Crippen MR) is 99.6 cm³/mol. The van der Waals surface area contributed by atoms with E-state index < -0.39 is 0 Å². The fourth-order valence-corrected chi connectivity index (χ4v) is 3.21. The molecule has 1 aromatic heterocycles. The zero-order valence-electron chi connectivity index (χ0n) is 14.4. The monoisotopic (exact) mass is 349 g/mol. The molecule has 3 aromatic rings. The Morgan fingerprint density at radius 1 is 1.04 bits per heavy atom. The fraction of sp³-hybridized carbons (Fsp3) is 0.250. The van der Waals surface area contributed by atoms with Crippen LogP contribution in [0.5, 0.6) is 0 Å². The van der Waals surface area contributed by atoms with Crippen LogP contribution in [-0.2, 0) is 19.4 Å². The highest BCUT2D eigenvalue weighted by molar-refractivity contribution is 5.43. The van der Waals surface area contributed by atoms with Crippen LogP contribution in [0.1, 0.15) is 16.7 Å². The quantitative estimate of drug-likeness (QED) is 0.766. The maximum Gasteiger partial charge on any atom is 0.247 e. The van der Waals surface area contributed by atoms with E-state index in [0.717, 1.165) is 19.5 Å². The van der Waals surface area contributed by atoms with Gasteiger partial charge in [0.05, 0.1) is 6.20 Å². The Labute approximate surface area is 151 Å². The van der Waals surface area contributed by atoms with Crippen LogP contribution in [0.3, 0.4) is 0 Å². The summed E-state index contributed by atoms with van der Waals surface area (Å²) < 4.78 is 13.7. The molecule has 2 heterocycles. The van der Waals surface area contributed by atoms with E-state index in [0.29, 0.717) is 30.3 Å². The normalized spacial score (nSPS) is 13.3. The number of benzene rings is 2. The molecule has 0 saturated heterocycles. The minimum Gasteiger partial charge on any atom is -0.368 e. The minimum absolute atomic E-state index is 0.178. The Morgan fingerprint density at radius 3 is 2.73 bits per heavy atom. The molecule has 0 bridgehead atoms. The summed E-state index contributed by atoms with van der Waals surface area (Å²) in [5.74, 6) is 1.10. The number of nitrogens with zero attached hydrogens (tertiary/aromatic N) is 4. The number of rotatable bonds is 5. The van der Waals surface area contributed by atoms with Crippen LogP contribution in [-0.4, -0.2) is 28.3 Å². The van der Waals surface area contributed by atoms with Gasteiger partial charge in [-0.15, -0.1) is 5.10 Å². The largest absolute Gasteiger partial charge is 0.368 e. The van der Waals surface area contributed by atoms with Crippen molar-refractivity contribution in [2.45, 2.75) is 19.4 Å². The van der Waals surface area contributed by atoms with Crippen molar-refractivity contribution in [3.63, 3.8) is 0 Å². The van der Waals surface area contributed by atoms with Crippen molar-refractivity contribution in [1.29, 1.82) is 0 Å². The standard InChI is InChI=1S/C20H20FN5/c21-18-8-4-3-6-16(18)9-11-22-19-13-23-25-20(24-19)26-12-10-15-5-1-2-7-17(15)14-26/h1-8,13H,9-12,14H2,(H,22,24,25). The third-order valence-electron chi connectivity index (χ3n) is 4.62. The van der Waals surface area contributed by atoms with Crippen molar-refractivity contribution in [2.75, 3.05) is 23.3 Å². The van der Waals surface area contributed by atoms with E-state index in [4.69, 9.17) is 0 Å². The predicted octanol–water partition coefficient (Wildman–Crippen LogP) is 3.23. The van der Waals surface area contributed by atoms with E-state index in [1.807, 2.05) is 6.07 Å². The van der Waals surface area contributed by atoms with E-state index in [9.17, 15) is 4.39 Å². The van der Waals surface area contributed by atoms with Gasteiger partial charge in [0.1, 0.15) is 5.82 Å². The molecule has 0 fully saturated rings. The lowest BCUT2D eigenvalue weighted by atomic mass is 10.0. The molecular formula is C20H20FN5. The molecule has 26 heavy (non-hydrogen) atoms. The summed E-state index contributed by atoms with van der Waals surface area (Å²) in [6, 6.07) is 15.3. The van der Waals surface area contributed by atoms with Crippen LogP contribution in [0.15, 0.2) is 54.7 Å². The van der Waals surface area contributed by atoms with Gasteiger partial charge >= 0.3 is 0 Å². The fourth-order valence-electron chi connectivity index (χ4n) is 3.21. The third-order valence-corrected chi connectivity index (χ3v) is 4.62. The van der Waals surface area contributed by atoms with Crippen molar-refractivity contribution in [3.8, 4) is 0 Å². The van der Waals surface area contributed by atoms with E-state index in [1.165, 1.54) is 17.2 Å². The Kier molecular flexibility index (Phi) is 4.73. The van der Waals surface area contributed by atoms with Gasteiger partial charge in [0.25, 0.3) is 0 Å². The van der Waals surface area contributed by atoms with Crippen LogP contribution in [0.4, 0.5) is 16.2 Å². The highest BCUT2D eigenvalue weighted by Crippen LogP contribution is 2.22. The van der Waals surface area contributed by atoms with Gasteiger partial charge in [-0.05, 0) is 35.6 Å². The summed E-state index contributed by atoms with van der Waals surface area (Å²) in [5.41, 5.74) is 3.38. The molecule has 0 amide bonds. The van der Waals surface area contributed by atoms with Gasteiger partial charge in [-0.1, -0.05) is 42.5 Å². The van der Waals surface area contributed by atoms with Crippen LogP contribution >= 0.6 is 0 Å². The maximum absolute atomic E-state index is 13.7. The van der Waals surface area contributed by atoms with Crippen LogP contribution in [0.25, 0.3) is 0 Å². The Hall–Kier alpha value is -3.02. The first kappa shape index (κ1) is 16.4. The number of fused-ring (bicyclic) bond motifs is 1. The van der Waals surface area contributed by atoms with Crippen molar-refractivity contribution in [2.24, 2.45) is 0 Å². The molecule has 2 aromatic carbocycles. The number of aromatic nitrogens is 3. The second kappa shape index (κ2) is 7.47. The lowest BCUT2D eigenvalue weighted by molar-refractivity contribution is 0.610. The molecule has 0 unspecified atom stereocenters. The minimum atomic E-state index is -0.178. The van der Waals surface area contributed by atoms with Crippen LogP contribution in [0.2, 0.25) is 0 Å². The zero-order valence-corrected chi connectivity index (χ0v) is 14.4. The molecule has 0 atom stereocenters. The molecule has 0 radical (unpaired) electrons. The summed E-state index contributed by atoms with van der Waals surface area (Å²) in [6.07, 6.45) is 3.16. The summed E-state index contributed by atoms with van der Waals surface area (Å²) in [7, 11) is 0. The summed E-state index contributed by atoms with van der Waals surface area (Å²) >= 11 is 0. The molecule has 132 valence electrons. The van der Waals surface area contributed by atoms with Crippen LogP contribution in [0, 0.1) is 5.82 Å². The molecule has 0 spiro atoms. The first-order valence-electron chi connectivity index (χ1n) is 8.78. The van der Waals surface area contributed by atoms with Crippen molar-refractivity contribution < 1.29 is 4.39 Å².